The van der Waals surface area contributed by atoms with Gasteiger partial charge in [-0.3, -0.25) is 4.79 Å². The Balaban J connectivity index is 2.33. The third kappa shape index (κ3) is 2.25. The van der Waals surface area contributed by atoms with Crippen LogP contribution in [-0.4, -0.2) is 17.0 Å². The first-order valence-corrected chi connectivity index (χ1v) is 7.15. The van der Waals surface area contributed by atoms with Gasteiger partial charge in [0.05, 0.1) is 24.3 Å². The topological polar surface area (TPSA) is 110 Å². The second-order valence-corrected chi connectivity index (χ2v) is 5.38. The average molecular weight is 325 g/mol. The number of aromatic nitrogens is 1. The molecule has 3 rings (SSSR count). The van der Waals surface area contributed by atoms with E-state index in [0.717, 1.165) is 0 Å². The molecule has 1 atom stereocenters. The lowest BCUT2D eigenvalue weighted by atomic mass is 9.84. The molecule has 1 aromatic carbocycles. The highest BCUT2D eigenvalue weighted by Crippen LogP contribution is 2.40. The van der Waals surface area contributed by atoms with Crippen LogP contribution in [0, 0.1) is 18.3 Å². The lowest BCUT2D eigenvalue weighted by Crippen LogP contribution is -2.31. The van der Waals surface area contributed by atoms with Crippen molar-refractivity contribution in [2.24, 2.45) is 5.73 Å². The number of aryl methyl sites for hydroxylation is 1. The molecule has 122 valence electrons. The Morgan fingerprint density at radius 3 is 2.83 bits per heavy atom. The number of hydrogen-bond donors (Lipinski definition) is 2. The Hall–Kier alpha value is -3.40. The van der Waals surface area contributed by atoms with Crippen molar-refractivity contribution in [3.05, 3.63) is 69.0 Å². The van der Waals surface area contributed by atoms with Crippen LogP contribution < -0.4 is 20.8 Å². The first-order valence-electron chi connectivity index (χ1n) is 7.15. The maximum absolute atomic E-state index is 12.6. The molecule has 0 amide bonds. The van der Waals surface area contributed by atoms with Crippen LogP contribution in [0.1, 0.15) is 22.7 Å². The fourth-order valence-corrected chi connectivity index (χ4v) is 2.79. The van der Waals surface area contributed by atoms with Gasteiger partial charge in [0.2, 0.25) is 5.88 Å². The molecule has 0 aliphatic carbocycles. The zero-order valence-electron chi connectivity index (χ0n) is 13.1. The summed E-state index contributed by atoms with van der Waals surface area (Å²) in [6, 6.07) is 10.5. The van der Waals surface area contributed by atoms with Crippen molar-refractivity contribution >= 4 is 0 Å². The predicted molar refractivity (Wildman–Crippen MR) is 84.9 cm³/mol. The molecule has 0 saturated carbocycles. The van der Waals surface area contributed by atoms with E-state index in [2.05, 4.69) is 0 Å². The van der Waals surface area contributed by atoms with Gasteiger partial charge in [-0.15, -0.1) is 0 Å². The maximum Gasteiger partial charge on any atom is 0.291 e. The molecule has 2 aromatic rings. The van der Waals surface area contributed by atoms with Crippen molar-refractivity contribution in [1.29, 1.82) is 5.26 Å². The number of rotatable bonds is 2. The second-order valence-electron chi connectivity index (χ2n) is 5.38. The van der Waals surface area contributed by atoms with E-state index >= 15 is 0 Å². The summed E-state index contributed by atoms with van der Waals surface area (Å²) in [5, 5.41) is 19.4. The Labute approximate surface area is 137 Å². The van der Waals surface area contributed by atoms with Crippen LogP contribution in [0.4, 0.5) is 0 Å². The molecular formula is C17H15N3O4. The highest BCUT2D eigenvalue weighted by atomic mass is 16.5. The van der Waals surface area contributed by atoms with E-state index in [4.69, 9.17) is 15.2 Å². The fourth-order valence-electron chi connectivity index (χ4n) is 2.79. The second kappa shape index (κ2) is 5.66. The number of pyridine rings is 1. The summed E-state index contributed by atoms with van der Waals surface area (Å²) in [6.07, 6.45) is 0. The van der Waals surface area contributed by atoms with Crippen LogP contribution in [0.15, 0.2) is 46.6 Å². The van der Waals surface area contributed by atoms with Gasteiger partial charge >= 0.3 is 0 Å². The van der Waals surface area contributed by atoms with E-state index in [0.29, 0.717) is 21.7 Å². The molecule has 7 nitrogen and oxygen atoms in total. The number of ether oxygens (including phenoxy) is 2. The zero-order valence-corrected chi connectivity index (χ0v) is 13.1. The minimum atomic E-state index is -0.750. The monoisotopic (exact) mass is 325 g/mol. The van der Waals surface area contributed by atoms with Crippen molar-refractivity contribution in [2.75, 3.05) is 7.11 Å². The number of nitrogens with zero attached hydrogens (tertiary/aromatic N) is 2. The standard InChI is InChI=1S/C17H15N3O4/c1-9-6-13-15(17(21)20(9)22)14(12(8-18)16(19)24-13)10-4-3-5-11(7-10)23-2/h3-7,14,22H,19H2,1-2H3/t14-/m0/s1. The summed E-state index contributed by atoms with van der Waals surface area (Å²) >= 11 is 0. The molecule has 1 aromatic heterocycles. The number of nitriles is 1. The Morgan fingerprint density at radius 2 is 2.17 bits per heavy atom. The van der Waals surface area contributed by atoms with Crippen LogP contribution in [0.2, 0.25) is 0 Å². The first kappa shape index (κ1) is 15.5. The first-order chi connectivity index (χ1) is 11.5. The molecule has 0 saturated heterocycles. The molecule has 0 radical (unpaired) electrons. The van der Waals surface area contributed by atoms with Gasteiger partial charge in [-0.2, -0.15) is 9.99 Å². The van der Waals surface area contributed by atoms with Crippen LogP contribution in [0.5, 0.6) is 11.5 Å². The summed E-state index contributed by atoms with van der Waals surface area (Å²) in [6.45, 7) is 1.56. The van der Waals surface area contributed by atoms with Crippen LogP contribution >= 0.6 is 0 Å². The van der Waals surface area contributed by atoms with Gasteiger partial charge in [-0.25, -0.2) is 0 Å². The van der Waals surface area contributed by atoms with Crippen LogP contribution in [0.3, 0.4) is 0 Å². The molecule has 1 aliphatic heterocycles. The van der Waals surface area contributed by atoms with E-state index in [1.54, 1.807) is 31.2 Å². The molecule has 3 N–H and O–H groups in total. The zero-order chi connectivity index (χ0) is 17.4. The van der Waals surface area contributed by atoms with E-state index in [1.165, 1.54) is 13.2 Å². The van der Waals surface area contributed by atoms with Gasteiger partial charge < -0.3 is 20.4 Å². The van der Waals surface area contributed by atoms with E-state index in [1.807, 2.05) is 6.07 Å². The van der Waals surface area contributed by atoms with Crippen molar-refractivity contribution in [3.8, 4) is 17.6 Å². The smallest absolute Gasteiger partial charge is 0.291 e. The predicted octanol–water partition coefficient (Wildman–Crippen LogP) is 1.62. The van der Waals surface area contributed by atoms with Crippen molar-refractivity contribution in [3.63, 3.8) is 0 Å². The van der Waals surface area contributed by atoms with Crippen LogP contribution in [-0.2, 0) is 0 Å². The molecule has 0 bridgehead atoms. The van der Waals surface area contributed by atoms with Crippen molar-refractivity contribution < 1.29 is 14.7 Å². The summed E-state index contributed by atoms with van der Waals surface area (Å²) in [5.74, 6) is -0.00683. The molecule has 0 fully saturated rings. The van der Waals surface area contributed by atoms with E-state index < -0.39 is 11.5 Å². The molecule has 2 heterocycles. The third-order valence-corrected chi connectivity index (χ3v) is 3.97. The Morgan fingerprint density at radius 1 is 1.42 bits per heavy atom. The molecule has 0 unspecified atom stereocenters. The number of fused-ring (bicyclic) bond motifs is 1. The number of nitrogens with two attached hydrogens (primary N) is 1. The fraction of sp³-hybridized carbons (Fsp3) is 0.176. The Kier molecular flexibility index (Phi) is 3.66. The summed E-state index contributed by atoms with van der Waals surface area (Å²) in [5.41, 5.74) is 6.42. The lowest BCUT2D eigenvalue weighted by molar-refractivity contribution is 0.165. The summed E-state index contributed by atoms with van der Waals surface area (Å²) < 4.78 is 11.2. The number of allylic oxidation sites excluding steroid dienone is 1. The van der Waals surface area contributed by atoms with Crippen LogP contribution in [0.25, 0.3) is 0 Å². The number of hydrogen-bond acceptors (Lipinski definition) is 6. The largest absolute Gasteiger partial charge is 0.497 e. The average Bonchev–Trinajstić information content (AvgIpc) is 2.58. The van der Waals surface area contributed by atoms with Gasteiger partial charge in [0.1, 0.15) is 23.1 Å². The van der Waals surface area contributed by atoms with Crippen molar-refractivity contribution in [2.45, 2.75) is 12.8 Å². The Bertz CT molecular complexity index is 953. The minimum absolute atomic E-state index is 0.0627. The highest BCUT2D eigenvalue weighted by Gasteiger charge is 2.34. The van der Waals surface area contributed by atoms with Gasteiger partial charge in [0.15, 0.2) is 0 Å². The van der Waals surface area contributed by atoms with E-state index in [-0.39, 0.29) is 22.8 Å². The quantitative estimate of drug-likeness (QED) is 0.812. The molecule has 7 heteroatoms. The number of benzene rings is 1. The minimum Gasteiger partial charge on any atom is -0.497 e. The van der Waals surface area contributed by atoms with Gasteiger partial charge in [-0.05, 0) is 24.6 Å². The maximum atomic E-state index is 12.6. The number of methoxy groups -OCH3 is 1. The van der Waals surface area contributed by atoms with Gasteiger partial charge in [0.25, 0.3) is 5.56 Å². The van der Waals surface area contributed by atoms with E-state index in [9.17, 15) is 15.3 Å². The SMILES string of the molecule is COc1cccc([C@H]2C(C#N)=C(N)Oc3cc(C)n(O)c(=O)c32)c1. The summed E-state index contributed by atoms with van der Waals surface area (Å²) in [4.78, 5) is 12.6. The third-order valence-electron chi connectivity index (χ3n) is 3.97. The normalized spacial score (nSPS) is 16.1. The molecule has 0 spiro atoms. The molecule has 24 heavy (non-hydrogen) atoms. The highest BCUT2D eigenvalue weighted by molar-refractivity contribution is 5.55. The van der Waals surface area contributed by atoms with Gasteiger partial charge in [-0.1, -0.05) is 12.1 Å². The van der Waals surface area contributed by atoms with Gasteiger partial charge in [0, 0.05) is 6.07 Å². The molecule has 1 aliphatic rings. The lowest BCUT2D eigenvalue weighted by Gasteiger charge is -2.26. The van der Waals surface area contributed by atoms with Crippen molar-refractivity contribution in [1.82, 2.24) is 4.73 Å². The molecular weight excluding hydrogens is 310 g/mol. The summed E-state index contributed by atoms with van der Waals surface area (Å²) in [7, 11) is 1.52.